The van der Waals surface area contributed by atoms with Crippen LogP contribution in [-0.2, 0) is 13.5 Å². The van der Waals surface area contributed by atoms with Gasteiger partial charge in [0.15, 0.2) is 0 Å². The van der Waals surface area contributed by atoms with Crippen LogP contribution in [-0.4, -0.2) is 9.78 Å². The predicted molar refractivity (Wildman–Crippen MR) is 72.9 cm³/mol. The summed E-state index contributed by atoms with van der Waals surface area (Å²) in [5, 5.41) is 4.41. The van der Waals surface area contributed by atoms with E-state index < -0.39 is 0 Å². The minimum Gasteiger partial charge on any atom is -0.466 e. The first kappa shape index (κ1) is 13.3. The number of halogens is 1. The van der Waals surface area contributed by atoms with Crippen molar-refractivity contribution in [1.82, 2.24) is 15.2 Å². The number of nitrogens with one attached hydrogen (secondary N) is 1. The summed E-state index contributed by atoms with van der Waals surface area (Å²) in [4.78, 5) is 0. The van der Waals surface area contributed by atoms with E-state index in [-0.39, 0.29) is 6.04 Å². The zero-order valence-corrected chi connectivity index (χ0v) is 12.3. The Bertz CT molecular complexity index is 546. The van der Waals surface area contributed by atoms with E-state index in [0.717, 1.165) is 28.0 Å². The molecular weight excluding hydrogens is 296 g/mol. The number of rotatable bonds is 4. The van der Waals surface area contributed by atoms with Gasteiger partial charge in [-0.25, -0.2) is 5.43 Å². The van der Waals surface area contributed by atoms with E-state index in [1.54, 1.807) is 6.26 Å². The molecular formula is C12H17BrN4O. The first-order valence-electron chi connectivity index (χ1n) is 5.72. The highest BCUT2D eigenvalue weighted by Gasteiger charge is 2.20. The standard InChI is InChI=1S/C12H17BrN4O/c1-7-9(8(2)17(3)16-7)6-11(15-14)12-10(13)4-5-18-12/h4-5,11,15H,6,14H2,1-3H3. The fraction of sp³-hybridized carbons (Fsp3) is 0.417. The van der Waals surface area contributed by atoms with E-state index in [9.17, 15) is 0 Å². The van der Waals surface area contributed by atoms with Crippen LogP contribution in [0, 0.1) is 13.8 Å². The van der Waals surface area contributed by atoms with Crippen LogP contribution in [0.5, 0.6) is 0 Å². The van der Waals surface area contributed by atoms with E-state index in [4.69, 9.17) is 10.3 Å². The molecule has 2 rings (SSSR count). The first-order chi connectivity index (χ1) is 8.54. The minimum atomic E-state index is -0.0732. The highest BCUT2D eigenvalue weighted by Crippen LogP contribution is 2.28. The van der Waals surface area contributed by atoms with Crippen molar-refractivity contribution >= 4 is 15.9 Å². The van der Waals surface area contributed by atoms with E-state index in [0.29, 0.717) is 0 Å². The maximum atomic E-state index is 5.63. The zero-order chi connectivity index (χ0) is 13.3. The summed E-state index contributed by atoms with van der Waals surface area (Å²) in [5.74, 6) is 6.44. The summed E-state index contributed by atoms with van der Waals surface area (Å²) < 4.78 is 8.26. The van der Waals surface area contributed by atoms with Crippen LogP contribution in [0.15, 0.2) is 21.2 Å². The van der Waals surface area contributed by atoms with Crippen molar-refractivity contribution in [2.75, 3.05) is 0 Å². The molecule has 1 atom stereocenters. The number of hydrazine groups is 1. The van der Waals surface area contributed by atoms with Crippen molar-refractivity contribution in [1.29, 1.82) is 0 Å². The normalized spacial score (nSPS) is 12.9. The van der Waals surface area contributed by atoms with Crippen LogP contribution < -0.4 is 11.3 Å². The summed E-state index contributed by atoms with van der Waals surface area (Å²) in [6.45, 7) is 4.06. The quantitative estimate of drug-likeness (QED) is 0.670. The Labute approximate surface area is 114 Å². The molecule has 0 bridgehead atoms. The van der Waals surface area contributed by atoms with E-state index >= 15 is 0 Å². The molecule has 0 aliphatic rings. The van der Waals surface area contributed by atoms with E-state index in [1.165, 1.54) is 5.56 Å². The highest BCUT2D eigenvalue weighted by atomic mass is 79.9. The fourth-order valence-corrected chi connectivity index (χ4v) is 2.58. The molecule has 0 radical (unpaired) electrons. The molecule has 98 valence electrons. The summed E-state index contributed by atoms with van der Waals surface area (Å²) in [6, 6.07) is 1.79. The SMILES string of the molecule is Cc1nn(C)c(C)c1CC(NN)c1occc1Br. The Morgan fingerprint density at radius 1 is 1.56 bits per heavy atom. The molecule has 5 nitrogen and oxygen atoms in total. The third-order valence-electron chi connectivity index (χ3n) is 3.23. The monoisotopic (exact) mass is 312 g/mol. The number of hydrogen-bond donors (Lipinski definition) is 2. The van der Waals surface area contributed by atoms with Crippen molar-refractivity contribution in [2.45, 2.75) is 26.3 Å². The maximum absolute atomic E-state index is 5.63. The van der Waals surface area contributed by atoms with Crippen molar-refractivity contribution in [2.24, 2.45) is 12.9 Å². The summed E-state index contributed by atoms with van der Waals surface area (Å²) in [7, 11) is 1.94. The van der Waals surface area contributed by atoms with Crippen LogP contribution in [0.2, 0.25) is 0 Å². The Hall–Kier alpha value is -1.11. The largest absolute Gasteiger partial charge is 0.466 e. The smallest absolute Gasteiger partial charge is 0.136 e. The molecule has 0 fully saturated rings. The fourth-order valence-electron chi connectivity index (χ4n) is 2.10. The van der Waals surface area contributed by atoms with Crippen molar-refractivity contribution in [3.8, 4) is 0 Å². The second-order valence-electron chi connectivity index (χ2n) is 4.33. The van der Waals surface area contributed by atoms with Gasteiger partial charge >= 0.3 is 0 Å². The predicted octanol–water partition coefficient (Wildman–Crippen LogP) is 2.14. The number of nitrogens with zero attached hydrogens (tertiary/aromatic N) is 2. The van der Waals surface area contributed by atoms with Gasteiger partial charge in [-0.3, -0.25) is 10.5 Å². The molecule has 3 N–H and O–H groups in total. The van der Waals surface area contributed by atoms with E-state index in [2.05, 4.69) is 33.4 Å². The van der Waals surface area contributed by atoms with Crippen LogP contribution in [0.25, 0.3) is 0 Å². The first-order valence-corrected chi connectivity index (χ1v) is 6.52. The third-order valence-corrected chi connectivity index (χ3v) is 3.88. The molecule has 0 aromatic carbocycles. The average Bonchev–Trinajstić information content (AvgIpc) is 2.84. The highest BCUT2D eigenvalue weighted by molar-refractivity contribution is 9.10. The lowest BCUT2D eigenvalue weighted by Crippen LogP contribution is -2.29. The van der Waals surface area contributed by atoms with Crippen molar-refractivity contribution in [3.63, 3.8) is 0 Å². The van der Waals surface area contributed by atoms with Crippen LogP contribution in [0.4, 0.5) is 0 Å². The lowest BCUT2D eigenvalue weighted by atomic mass is 10.0. The molecule has 2 heterocycles. The molecule has 0 amide bonds. The second kappa shape index (κ2) is 5.26. The zero-order valence-electron chi connectivity index (χ0n) is 10.7. The van der Waals surface area contributed by atoms with Gasteiger partial charge in [0.2, 0.25) is 0 Å². The van der Waals surface area contributed by atoms with Gasteiger partial charge in [-0.1, -0.05) is 0 Å². The van der Waals surface area contributed by atoms with E-state index in [1.807, 2.05) is 24.7 Å². The topological polar surface area (TPSA) is 69.0 Å². The molecule has 0 spiro atoms. The molecule has 18 heavy (non-hydrogen) atoms. The Morgan fingerprint density at radius 3 is 2.72 bits per heavy atom. The lowest BCUT2D eigenvalue weighted by molar-refractivity contribution is 0.413. The van der Waals surface area contributed by atoms with Crippen LogP contribution in [0.1, 0.15) is 28.8 Å². The molecule has 6 heteroatoms. The molecule has 2 aromatic rings. The summed E-state index contributed by atoms with van der Waals surface area (Å²) >= 11 is 3.45. The Kier molecular flexibility index (Phi) is 3.89. The molecule has 0 saturated heterocycles. The van der Waals surface area contributed by atoms with Gasteiger partial charge in [-0.15, -0.1) is 0 Å². The Morgan fingerprint density at radius 2 is 2.28 bits per heavy atom. The number of furan rings is 1. The molecule has 0 aliphatic carbocycles. The van der Waals surface area contributed by atoms with Gasteiger partial charge in [0.25, 0.3) is 0 Å². The molecule has 2 aromatic heterocycles. The average molecular weight is 313 g/mol. The summed E-state index contributed by atoms with van der Waals surface area (Å²) in [6.07, 6.45) is 2.39. The van der Waals surface area contributed by atoms with Gasteiger partial charge in [-0.05, 0) is 47.8 Å². The lowest BCUT2D eigenvalue weighted by Gasteiger charge is -2.14. The molecule has 0 saturated carbocycles. The van der Waals surface area contributed by atoms with Gasteiger partial charge in [0, 0.05) is 12.7 Å². The van der Waals surface area contributed by atoms with Crippen molar-refractivity contribution < 1.29 is 4.42 Å². The maximum Gasteiger partial charge on any atom is 0.136 e. The van der Waals surface area contributed by atoms with Gasteiger partial charge < -0.3 is 4.42 Å². The van der Waals surface area contributed by atoms with Crippen LogP contribution >= 0.6 is 15.9 Å². The molecule has 0 aliphatic heterocycles. The van der Waals surface area contributed by atoms with Crippen LogP contribution in [0.3, 0.4) is 0 Å². The Balaban J connectivity index is 2.29. The number of aromatic nitrogens is 2. The van der Waals surface area contributed by atoms with Crippen molar-refractivity contribution in [3.05, 3.63) is 39.5 Å². The number of aryl methyl sites for hydroxylation is 2. The third kappa shape index (κ3) is 2.36. The minimum absolute atomic E-state index is 0.0732. The molecule has 1 unspecified atom stereocenters. The van der Waals surface area contributed by atoms with Gasteiger partial charge in [0.1, 0.15) is 5.76 Å². The summed E-state index contributed by atoms with van der Waals surface area (Å²) in [5.41, 5.74) is 6.17. The number of nitrogens with two attached hydrogens (primary N) is 1. The second-order valence-corrected chi connectivity index (χ2v) is 5.18. The van der Waals surface area contributed by atoms with Gasteiger partial charge in [0.05, 0.1) is 22.5 Å². The van der Waals surface area contributed by atoms with Gasteiger partial charge in [-0.2, -0.15) is 5.10 Å². The number of hydrogen-bond acceptors (Lipinski definition) is 4.